The van der Waals surface area contributed by atoms with Crippen LogP contribution in [0.15, 0.2) is 78.9 Å². The van der Waals surface area contributed by atoms with E-state index in [4.69, 9.17) is 21.7 Å². The fourth-order valence-electron chi connectivity index (χ4n) is 4.08. The first kappa shape index (κ1) is 25.8. The van der Waals surface area contributed by atoms with Gasteiger partial charge in [0.1, 0.15) is 11.8 Å². The monoisotopic (exact) mass is 517 g/mol. The van der Waals surface area contributed by atoms with E-state index in [1.54, 1.807) is 53.4 Å². The first-order valence-corrected chi connectivity index (χ1v) is 12.2. The van der Waals surface area contributed by atoms with E-state index < -0.39 is 12.0 Å². The Morgan fingerprint density at radius 1 is 0.973 bits per heavy atom. The second-order valence-electron chi connectivity index (χ2n) is 8.33. The Morgan fingerprint density at radius 3 is 2.27 bits per heavy atom. The van der Waals surface area contributed by atoms with Crippen molar-refractivity contribution in [2.75, 3.05) is 23.9 Å². The third-order valence-electron chi connectivity index (χ3n) is 5.89. The summed E-state index contributed by atoms with van der Waals surface area (Å²) < 4.78 is 10.2. The summed E-state index contributed by atoms with van der Waals surface area (Å²) in [6.45, 7) is 2.82. The molecule has 0 unspecified atom stereocenters. The van der Waals surface area contributed by atoms with Crippen LogP contribution in [-0.4, -0.2) is 47.6 Å². The Hall–Kier alpha value is -4.24. The minimum Gasteiger partial charge on any atom is -0.494 e. The van der Waals surface area contributed by atoms with Crippen LogP contribution in [0.4, 0.5) is 11.4 Å². The number of methoxy groups -OCH3 is 1. The molecular formula is C28H27N3O5S. The second-order valence-corrected chi connectivity index (χ2v) is 8.70. The number of nitrogens with zero attached hydrogens (tertiary/aromatic N) is 2. The van der Waals surface area contributed by atoms with Crippen molar-refractivity contribution in [1.29, 1.82) is 0 Å². The minimum atomic E-state index is -0.784. The lowest BCUT2D eigenvalue weighted by Crippen LogP contribution is -2.37. The van der Waals surface area contributed by atoms with Gasteiger partial charge >= 0.3 is 5.97 Å². The molecule has 4 rings (SSSR count). The van der Waals surface area contributed by atoms with E-state index in [1.807, 2.05) is 37.3 Å². The number of hydrogen-bond acceptors (Lipinski definition) is 6. The Kier molecular flexibility index (Phi) is 8.15. The normalized spacial score (nSPS) is 15.0. The Labute approximate surface area is 220 Å². The Morgan fingerprint density at radius 2 is 1.65 bits per heavy atom. The molecule has 3 aromatic carbocycles. The molecule has 1 atom stereocenters. The summed E-state index contributed by atoms with van der Waals surface area (Å²) in [5, 5.41) is 3.13. The average Bonchev–Trinajstić information content (AvgIpc) is 3.13. The number of nitrogens with one attached hydrogen (secondary N) is 1. The predicted octanol–water partition coefficient (Wildman–Crippen LogP) is 4.40. The molecule has 1 saturated heterocycles. The third-order valence-corrected chi connectivity index (χ3v) is 6.31. The van der Waals surface area contributed by atoms with E-state index >= 15 is 0 Å². The number of benzene rings is 3. The highest BCUT2D eigenvalue weighted by molar-refractivity contribution is 7.80. The second kappa shape index (κ2) is 11.7. The summed E-state index contributed by atoms with van der Waals surface area (Å²) in [6.07, 6.45) is -0.0991. The molecule has 0 spiro atoms. The Bertz CT molecular complexity index is 1280. The molecule has 2 amide bonds. The van der Waals surface area contributed by atoms with E-state index in [0.717, 1.165) is 5.56 Å². The summed E-state index contributed by atoms with van der Waals surface area (Å²) in [4.78, 5) is 41.5. The molecule has 9 heteroatoms. The first-order chi connectivity index (χ1) is 17.9. The van der Waals surface area contributed by atoms with E-state index in [9.17, 15) is 14.4 Å². The van der Waals surface area contributed by atoms with Crippen molar-refractivity contribution >= 4 is 46.5 Å². The van der Waals surface area contributed by atoms with Crippen LogP contribution in [0.1, 0.15) is 29.3 Å². The lowest BCUT2D eigenvalue weighted by Gasteiger charge is -2.24. The lowest BCUT2D eigenvalue weighted by molar-refractivity contribution is -0.124. The number of ether oxygens (including phenoxy) is 2. The predicted molar refractivity (Wildman–Crippen MR) is 144 cm³/mol. The van der Waals surface area contributed by atoms with E-state index in [0.29, 0.717) is 41.0 Å². The number of amides is 2. The van der Waals surface area contributed by atoms with Gasteiger partial charge in [0, 0.05) is 12.2 Å². The summed E-state index contributed by atoms with van der Waals surface area (Å²) >= 11 is 5.74. The van der Waals surface area contributed by atoms with E-state index in [1.165, 1.54) is 12.0 Å². The first-order valence-electron chi connectivity index (χ1n) is 11.8. The topological polar surface area (TPSA) is 88.2 Å². The van der Waals surface area contributed by atoms with E-state index in [2.05, 4.69) is 5.32 Å². The molecule has 1 heterocycles. The van der Waals surface area contributed by atoms with Crippen LogP contribution in [-0.2, 0) is 20.9 Å². The van der Waals surface area contributed by atoms with Gasteiger partial charge < -0.3 is 19.7 Å². The molecule has 0 aliphatic carbocycles. The fourth-order valence-corrected chi connectivity index (χ4v) is 4.47. The SMILES string of the molecule is CCOc1ccc(N2C(=O)[C@H](CC(=O)Nc3ccc(C(=O)OC)cc3)N(Cc3ccccc3)C2=S)cc1. The van der Waals surface area contributed by atoms with Gasteiger partial charge in [-0.1, -0.05) is 30.3 Å². The molecule has 1 aliphatic rings. The van der Waals surface area contributed by atoms with Gasteiger partial charge in [0.25, 0.3) is 5.91 Å². The molecule has 0 bridgehead atoms. The molecule has 8 nitrogen and oxygen atoms in total. The van der Waals surface area contributed by atoms with Crippen LogP contribution < -0.4 is 15.0 Å². The van der Waals surface area contributed by atoms with Gasteiger partial charge in [-0.05, 0) is 73.2 Å². The zero-order valence-corrected chi connectivity index (χ0v) is 21.4. The molecule has 0 radical (unpaired) electrons. The molecule has 190 valence electrons. The van der Waals surface area contributed by atoms with Crippen molar-refractivity contribution in [2.45, 2.75) is 25.9 Å². The van der Waals surface area contributed by atoms with Crippen LogP contribution >= 0.6 is 12.2 Å². The average molecular weight is 518 g/mol. The maximum atomic E-state index is 13.6. The number of esters is 1. The zero-order chi connectivity index (χ0) is 26.4. The molecule has 1 fully saturated rings. The smallest absolute Gasteiger partial charge is 0.337 e. The number of anilines is 2. The number of hydrogen-bond donors (Lipinski definition) is 1. The molecule has 0 saturated carbocycles. The molecular weight excluding hydrogens is 490 g/mol. The van der Waals surface area contributed by atoms with Crippen LogP contribution in [0.3, 0.4) is 0 Å². The molecule has 1 N–H and O–H groups in total. The standard InChI is InChI=1S/C28H27N3O5S/c1-3-36-23-15-13-22(14-16-23)31-26(33)24(30(28(31)37)18-19-7-5-4-6-8-19)17-25(32)29-21-11-9-20(10-12-21)27(34)35-2/h4-16,24H,3,17-18H2,1-2H3,(H,29,32)/t24-/m0/s1. The van der Waals surface area contributed by atoms with Crippen LogP contribution in [0, 0.1) is 0 Å². The van der Waals surface area contributed by atoms with Gasteiger partial charge in [-0.2, -0.15) is 0 Å². The molecule has 37 heavy (non-hydrogen) atoms. The number of rotatable bonds is 9. The van der Waals surface area contributed by atoms with Gasteiger partial charge in [-0.3, -0.25) is 14.5 Å². The van der Waals surface area contributed by atoms with Gasteiger partial charge in [0.05, 0.1) is 31.4 Å². The fraction of sp³-hybridized carbons (Fsp3) is 0.214. The largest absolute Gasteiger partial charge is 0.494 e. The highest BCUT2D eigenvalue weighted by Gasteiger charge is 2.44. The van der Waals surface area contributed by atoms with Crippen LogP contribution in [0.25, 0.3) is 0 Å². The van der Waals surface area contributed by atoms with Crippen molar-refractivity contribution in [1.82, 2.24) is 4.90 Å². The lowest BCUT2D eigenvalue weighted by atomic mass is 10.1. The zero-order valence-electron chi connectivity index (χ0n) is 20.5. The quantitative estimate of drug-likeness (QED) is 0.332. The van der Waals surface area contributed by atoms with Crippen molar-refractivity contribution in [3.8, 4) is 5.75 Å². The molecule has 1 aliphatic heterocycles. The summed E-state index contributed by atoms with van der Waals surface area (Å²) in [5.41, 5.74) is 2.45. The summed E-state index contributed by atoms with van der Waals surface area (Å²) in [5.74, 6) is -0.396. The summed E-state index contributed by atoms with van der Waals surface area (Å²) in [6, 6.07) is 22.3. The Balaban J connectivity index is 1.55. The number of thiocarbonyl (C=S) groups is 1. The maximum Gasteiger partial charge on any atom is 0.337 e. The van der Waals surface area contributed by atoms with Crippen molar-refractivity contribution in [2.24, 2.45) is 0 Å². The maximum absolute atomic E-state index is 13.6. The van der Waals surface area contributed by atoms with Crippen molar-refractivity contribution in [3.63, 3.8) is 0 Å². The van der Waals surface area contributed by atoms with Gasteiger partial charge in [0.15, 0.2) is 5.11 Å². The van der Waals surface area contributed by atoms with Crippen molar-refractivity contribution < 1.29 is 23.9 Å². The third kappa shape index (κ3) is 5.95. The highest BCUT2D eigenvalue weighted by Crippen LogP contribution is 2.30. The van der Waals surface area contributed by atoms with Crippen molar-refractivity contribution in [3.05, 3.63) is 90.0 Å². The molecule has 0 aromatic heterocycles. The van der Waals surface area contributed by atoms with Gasteiger partial charge in [0.2, 0.25) is 5.91 Å². The molecule has 3 aromatic rings. The van der Waals surface area contributed by atoms with E-state index in [-0.39, 0.29) is 18.2 Å². The summed E-state index contributed by atoms with van der Waals surface area (Å²) in [7, 11) is 1.30. The van der Waals surface area contributed by atoms with Crippen LogP contribution in [0.5, 0.6) is 5.75 Å². The highest BCUT2D eigenvalue weighted by atomic mass is 32.1. The minimum absolute atomic E-state index is 0.0991. The van der Waals surface area contributed by atoms with Gasteiger partial charge in [-0.25, -0.2) is 4.79 Å². The van der Waals surface area contributed by atoms with Gasteiger partial charge in [-0.15, -0.1) is 0 Å². The number of carbonyl (C=O) groups excluding carboxylic acids is 3. The van der Waals surface area contributed by atoms with Crippen LogP contribution in [0.2, 0.25) is 0 Å². The number of carbonyl (C=O) groups is 3.